The van der Waals surface area contributed by atoms with Gasteiger partial charge in [-0.2, -0.15) is 5.26 Å². The molecule has 0 saturated heterocycles. The van der Waals surface area contributed by atoms with Crippen molar-refractivity contribution in [2.45, 2.75) is 12.8 Å². The fraction of sp³-hybridized carbons (Fsp3) is 0.200. The minimum atomic E-state index is 0.261. The second-order valence-corrected chi connectivity index (χ2v) is 4.44. The van der Waals surface area contributed by atoms with Crippen molar-refractivity contribution in [2.24, 2.45) is 0 Å². The molecule has 0 saturated carbocycles. The van der Waals surface area contributed by atoms with Crippen molar-refractivity contribution in [1.82, 2.24) is 4.98 Å². The van der Waals surface area contributed by atoms with Gasteiger partial charge in [-0.3, -0.25) is 0 Å². The minimum Gasteiger partial charge on any atom is -0.396 e. The van der Waals surface area contributed by atoms with Crippen LogP contribution in [-0.2, 0) is 0 Å². The van der Waals surface area contributed by atoms with Crippen molar-refractivity contribution in [3.05, 3.63) is 53.7 Å². The van der Waals surface area contributed by atoms with Crippen molar-refractivity contribution >= 4 is 11.5 Å². The van der Waals surface area contributed by atoms with E-state index in [0.717, 1.165) is 6.54 Å². The summed E-state index contributed by atoms with van der Waals surface area (Å²) in [5.41, 5.74) is 7.57. The normalized spacial score (nSPS) is 11.6. The van der Waals surface area contributed by atoms with Crippen LogP contribution in [0.1, 0.15) is 24.1 Å². The van der Waals surface area contributed by atoms with Crippen molar-refractivity contribution in [3.63, 3.8) is 0 Å². The van der Waals surface area contributed by atoms with Gasteiger partial charge in [0.15, 0.2) is 5.69 Å². The number of benzene rings is 1. The van der Waals surface area contributed by atoms with Crippen LogP contribution in [0.2, 0.25) is 0 Å². The van der Waals surface area contributed by atoms with E-state index in [0.29, 0.717) is 17.4 Å². The van der Waals surface area contributed by atoms with E-state index in [9.17, 15) is 0 Å². The van der Waals surface area contributed by atoms with Gasteiger partial charge < -0.3 is 11.1 Å². The van der Waals surface area contributed by atoms with Gasteiger partial charge in [-0.25, -0.2) is 4.98 Å². The predicted octanol–water partition coefficient (Wildman–Crippen LogP) is 2.75. The third-order valence-corrected chi connectivity index (χ3v) is 2.99. The molecular formula is C15H16N4. The summed E-state index contributed by atoms with van der Waals surface area (Å²) in [5, 5.41) is 12.1. The van der Waals surface area contributed by atoms with Crippen LogP contribution < -0.4 is 11.1 Å². The molecule has 96 valence electrons. The fourth-order valence-electron chi connectivity index (χ4n) is 1.82. The molecule has 3 N–H and O–H groups in total. The third-order valence-electron chi connectivity index (χ3n) is 2.99. The molecule has 1 unspecified atom stereocenters. The van der Waals surface area contributed by atoms with Crippen LogP contribution in [0, 0.1) is 11.3 Å². The molecule has 19 heavy (non-hydrogen) atoms. The van der Waals surface area contributed by atoms with E-state index in [1.165, 1.54) is 5.56 Å². The van der Waals surface area contributed by atoms with Gasteiger partial charge in [-0.05, 0) is 23.6 Å². The lowest BCUT2D eigenvalue weighted by molar-refractivity contribution is 0.801. The molecule has 0 spiro atoms. The first-order valence-electron chi connectivity index (χ1n) is 6.16. The average molecular weight is 252 g/mol. The number of aromatic nitrogens is 1. The fourth-order valence-corrected chi connectivity index (χ4v) is 1.82. The number of nitrogens with two attached hydrogens (primary N) is 1. The standard InChI is InChI=1S/C15H16N4/c1-11(12-5-3-2-4-6-12)10-18-15-8-7-13(17)14(9-16)19-15/h2-8,11H,10,17H2,1H3,(H,18,19). The summed E-state index contributed by atoms with van der Waals surface area (Å²) in [6, 6.07) is 15.7. The summed E-state index contributed by atoms with van der Waals surface area (Å²) in [7, 11) is 0. The van der Waals surface area contributed by atoms with E-state index in [1.807, 2.05) is 24.3 Å². The van der Waals surface area contributed by atoms with E-state index in [4.69, 9.17) is 11.0 Å². The first-order valence-corrected chi connectivity index (χ1v) is 6.16. The van der Waals surface area contributed by atoms with Gasteiger partial charge in [0.05, 0.1) is 5.69 Å². The molecule has 4 nitrogen and oxygen atoms in total. The highest BCUT2D eigenvalue weighted by molar-refractivity contribution is 5.54. The molecular weight excluding hydrogens is 236 g/mol. The van der Waals surface area contributed by atoms with E-state index in [2.05, 4.69) is 29.4 Å². The molecule has 0 aliphatic rings. The summed E-state index contributed by atoms with van der Waals surface area (Å²) in [5.74, 6) is 1.04. The Morgan fingerprint density at radius 3 is 2.68 bits per heavy atom. The number of nitrogens with one attached hydrogen (secondary N) is 1. The average Bonchev–Trinajstić information content (AvgIpc) is 2.47. The Hall–Kier alpha value is -2.54. The monoisotopic (exact) mass is 252 g/mol. The summed E-state index contributed by atoms with van der Waals surface area (Å²) in [6.45, 7) is 2.90. The van der Waals surface area contributed by atoms with Crippen LogP contribution >= 0.6 is 0 Å². The zero-order valence-electron chi connectivity index (χ0n) is 10.8. The lowest BCUT2D eigenvalue weighted by Crippen LogP contribution is -2.11. The highest BCUT2D eigenvalue weighted by Crippen LogP contribution is 2.17. The van der Waals surface area contributed by atoms with Gasteiger partial charge in [-0.1, -0.05) is 37.3 Å². The number of anilines is 2. The maximum atomic E-state index is 8.88. The first kappa shape index (κ1) is 12.9. The van der Waals surface area contributed by atoms with Crippen LogP contribution in [-0.4, -0.2) is 11.5 Å². The Kier molecular flexibility index (Phi) is 3.99. The Morgan fingerprint density at radius 2 is 2.00 bits per heavy atom. The SMILES string of the molecule is CC(CNc1ccc(N)c(C#N)n1)c1ccccc1. The van der Waals surface area contributed by atoms with Crippen LogP contribution in [0.15, 0.2) is 42.5 Å². The van der Waals surface area contributed by atoms with Crippen LogP contribution in [0.3, 0.4) is 0 Å². The lowest BCUT2D eigenvalue weighted by atomic mass is 10.0. The molecule has 0 fully saturated rings. The number of rotatable bonds is 4. The Balaban J connectivity index is 2.01. The molecule has 1 heterocycles. The molecule has 2 rings (SSSR count). The Labute approximate surface area is 112 Å². The third kappa shape index (κ3) is 3.23. The van der Waals surface area contributed by atoms with Crippen molar-refractivity contribution in [2.75, 3.05) is 17.6 Å². The molecule has 0 radical (unpaired) electrons. The molecule has 2 aromatic rings. The first-order chi connectivity index (χ1) is 9.20. The van der Waals surface area contributed by atoms with Gasteiger partial charge in [0.2, 0.25) is 0 Å². The second-order valence-electron chi connectivity index (χ2n) is 4.44. The van der Waals surface area contributed by atoms with E-state index in [-0.39, 0.29) is 5.69 Å². The zero-order chi connectivity index (χ0) is 13.7. The summed E-state index contributed by atoms with van der Waals surface area (Å²) >= 11 is 0. The number of nitrogens with zero attached hydrogens (tertiary/aromatic N) is 2. The Bertz CT molecular complexity index is 587. The van der Waals surface area contributed by atoms with Crippen molar-refractivity contribution in [3.8, 4) is 6.07 Å². The van der Waals surface area contributed by atoms with Gasteiger partial charge in [0.25, 0.3) is 0 Å². The molecule has 0 amide bonds. The molecule has 0 bridgehead atoms. The molecule has 1 aromatic heterocycles. The molecule has 0 aliphatic heterocycles. The van der Waals surface area contributed by atoms with Gasteiger partial charge in [0.1, 0.15) is 11.9 Å². The zero-order valence-corrected chi connectivity index (χ0v) is 10.8. The number of pyridine rings is 1. The summed E-state index contributed by atoms with van der Waals surface area (Å²) < 4.78 is 0. The highest BCUT2D eigenvalue weighted by atomic mass is 15.0. The van der Waals surface area contributed by atoms with Gasteiger partial charge in [0, 0.05) is 6.54 Å². The van der Waals surface area contributed by atoms with Crippen LogP contribution in [0.5, 0.6) is 0 Å². The topological polar surface area (TPSA) is 74.7 Å². The maximum Gasteiger partial charge on any atom is 0.165 e. The van der Waals surface area contributed by atoms with Crippen molar-refractivity contribution in [1.29, 1.82) is 5.26 Å². The molecule has 1 atom stereocenters. The summed E-state index contributed by atoms with van der Waals surface area (Å²) in [4.78, 5) is 4.16. The van der Waals surface area contributed by atoms with E-state index in [1.54, 1.807) is 12.1 Å². The molecule has 1 aromatic carbocycles. The van der Waals surface area contributed by atoms with Crippen molar-refractivity contribution < 1.29 is 0 Å². The lowest BCUT2D eigenvalue weighted by Gasteiger charge is -2.13. The number of hydrogen-bond acceptors (Lipinski definition) is 4. The minimum absolute atomic E-state index is 0.261. The number of hydrogen-bond donors (Lipinski definition) is 2. The van der Waals surface area contributed by atoms with E-state index < -0.39 is 0 Å². The smallest absolute Gasteiger partial charge is 0.165 e. The molecule has 0 aliphatic carbocycles. The Morgan fingerprint density at radius 1 is 1.26 bits per heavy atom. The highest BCUT2D eigenvalue weighted by Gasteiger charge is 2.06. The number of nitriles is 1. The predicted molar refractivity (Wildman–Crippen MR) is 76.7 cm³/mol. The van der Waals surface area contributed by atoms with E-state index >= 15 is 0 Å². The largest absolute Gasteiger partial charge is 0.396 e. The maximum absolute atomic E-state index is 8.88. The number of nitrogen functional groups attached to an aromatic ring is 1. The van der Waals surface area contributed by atoms with Crippen LogP contribution in [0.4, 0.5) is 11.5 Å². The second kappa shape index (κ2) is 5.87. The molecule has 4 heteroatoms. The van der Waals surface area contributed by atoms with Gasteiger partial charge >= 0.3 is 0 Å². The van der Waals surface area contributed by atoms with Crippen LogP contribution in [0.25, 0.3) is 0 Å². The quantitative estimate of drug-likeness (QED) is 0.877. The summed E-state index contributed by atoms with van der Waals surface area (Å²) in [6.07, 6.45) is 0. The van der Waals surface area contributed by atoms with Gasteiger partial charge in [-0.15, -0.1) is 0 Å².